The van der Waals surface area contributed by atoms with Gasteiger partial charge in [0.1, 0.15) is 17.0 Å². The first-order valence-corrected chi connectivity index (χ1v) is 8.20. The number of nitriles is 1. The Hall–Kier alpha value is -3.51. The number of aryl methyl sites for hydroxylation is 1. The molecule has 0 unspecified atom stereocenters. The van der Waals surface area contributed by atoms with E-state index >= 15 is 0 Å². The van der Waals surface area contributed by atoms with E-state index in [-0.39, 0.29) is 22.5 Å². The number of ether oxygens (including phenoxy) is 1. The summed E-state index contributed by atoms with van der Waals surface area (Å²) < 4.78 is 6.34. The number of rotatable bonds is 5. The van der Waals surface area contributed by atoms with Crippen molar-refractivity contribution < 1.29 is 19.8 Å². The van der Waals surface area contributed by atoms with Crippen LogP contribution in [-0.4, -0.2) is 32.9 Å². The smallest absolute Gasteiger partial charge is 0.337 e. The van der Waals surface area contributed by atoms with Crippen LogP contribution in [0, 0.1) is 24.8 Å². The van der Waals surface area contributed by atoms with Gasteiger partial charge in [-0.1, -0.05) is 11.8 Å². The highest BCUT2D eigenvalue weighted by atomic mass is 32.2. The summed E-state index contributed by atoms with van der Waals surface area (Å²) in [6.45, 7) is 9.19. The minimum absolute atomic E-state index is 0.173. The number of methoxy groups -OCH3 is 1. The molecule has 0 saturated heterocycles. The molecule has 3 N–H and O–H groups in total. The van der Waals surface area contributed by atoms with Crippen LogP contribution < -0.4 is 5.48 Å². The molecule has 3 aromatic rings. The average Bonchev–Trinajstić information content (AvgIpc) is 3.20. The van der Waals surface area contributed by atoms with Gasteiger partial charge in [0.2, 0.25) is 5.69 Å². The van der Waals surface area contributed by atoms with Crippen LogP contribution in [0.15, 0.2) is 28.1 Å². The van der Waals surface area contributed by atoms with Crippen molar-refractivity contribution >= 4 is 34.8 Å². The molecule has 3 rings (SSSR count). The summed E-state index contributed by atoms with van der Waals surface area (Å²) in [6, 6.07) is 6.59. The highest BCUT2D eigenvalue weighted by Crippen LogP contribution is 2.43. The lowest BCUT2D eigenvalue weighted by Crippen LogP contribution is -2.04. The molecule has 1 aromatic carbocycles. The lowest BCUT2D eigenvalue weighted by molar-refractivity contribution is -0.215. The van der Waals surface area contributed by atoms with Gasteiger partial charge >= 0.3 is 5.97 Å². The minimum atomic E-state index is -0.558. The maximum Gasteiger partial charge on any atom is 0.337 e. The molecular formula is C16H12N6O4S. The van der Waals surface area contributed by atoms with E-state index in [1.54, 1.807) is 17.4 Å². The van der Waals surface area contributed by atoms with Gasteiger partial charge in [0.25, 0.3) is 0 Å². The molecule has 11 heteroatoms. The Kier molecular flexibility index (Phi) is 5.00. The molecule has 0 amide bonds. The second kappa shape index (κ2) is 7.39. The second-order valence-electron chi connectivity index (χ2n) is 5.21. The Morgan fingerprint density at radius 2 is 2.33 bits per heavy atom. The molecule has 0 fully saturated rings. The van der Waals surface area contributed by atoms with E-state index in [1.807, 2.05) is 6.07 Å². The highest BCUT2D eigenvalue weighted by molar-refractivity contribution is 7.99. The number of hydrogen-bond acceptors (Lipinski definition) is 8. The number of nitrogens with one attached hydrogen (secondary N) is 2. The van der Waals surface area contributed by atoms with E-state index in [0.29, 0.717) is 21.4 Å². The molecule has 2 heterocycles. The third-order valence-electron chi connectivity index (χ3n) is 3.74. The number of fused-ring (bicyclic) bond motifs is 1. The number of anilines is 1. The van der Waals surface area contributed by atoms with Gasteiger partial charge < -0.3 is 4.74 Å². The van der Waals surface area contributed by atoms with Crippen LogP contribution in [0.3, 0.4) is 0 Å². The first-order valence-electron chi connectivity index (χ1n) is 7.39. The van der Waals surface area contributed by atoms with Crippen molar-refractivity contribution in [2.75, 3.05) is 12.6 Å². The first kappa shape index (κ1) is 18.3. The van der Waals surface area contributed by atoms with Gasteiger partial charge in [-0.3, -0.25) is 9.50 Å². The Labute approximate surface area is 157 Å². The molecule has 0 atom stereocenters. The molecule has 0 aliphatic heterocycles. The lowest BCUT2D eigenvalue weighted by Gasteiger charge is -2.11. The molecule has 10 nitrogen and oxygen atoms in total. The van der Waals surface area contributed by atoms with E-state index < -0.39 is 5.97 Å². The lowest BCUT2D eigenvalue weighted by atomic mass is 10.2. The Balaban J connectivity index is 2.16. The molecule has 0 saturated carbocycles. The van der Waals surface area contributed by atoms with Crippen molar-refractivity contribution in [3.8, 4) is 6.07 Å². The van der Waals surface area contributed by atoms with Crippen LogP contribution in [-0.2, 0) is 9.73 Å². The summed E-state index contributed by atoms with van der Waals surface area (Å²) in [6.07, 6.45) is 0. The fourth-order valence-corrected chi connectivity index (χ4v) is 3.65. The van der Waals surface area contributed by atoms with Gasteiger partial charge in [0.05, 0.1) is 36.0 Å². The molecule has 0 aliphatic rings. The standard InChI is InChI=1S/C16H12N6O4S/c1-8-19-20-14-10(7-17)13(18-2)15(22(8)14)27-12-5-4-9(16(23)25-3)6-11(12)21-26-24/h4-6,20-21,24H,1,3H3. The zero-order valence-corrected chi connectivity index (χ0v) is 14.9. The van der Waals surface area contributed by atoms with Crippen molar-refractivity contribution in [1.29, 1.82) is 5.26 Å². The van der Waals surface area contributed by atoms with Gasteiger partial charge in [-0.25, -0.2) is 20.4 Å². The van der Waals surface area contributed by atoms with Crippen LogP contribution in [0.2, 0.25) is 0 Å². The number of H-pyrrole nitrogens is 1. The number of nitrogens with zero attached hydrogens (tertiary/aromatic N) is 4. The molecule has 0 aliphatic carbocycles. The number of carbonyl (C=O) groups excluding carboxylic acids is 1. The third-order valence-corrected chi connectivity index (χ3v) is 4.88. The number of aromatic amines is 1. The summed E-state index contributed by atoms with van der Waals surface area (Å²) >= 11 is 1.15. The molecular weight excluding hydrogens is 372 g/mol. The van der Waals surface area contributed by atoms with Gasteiger partial charge in [0.15, 0.2) is 0 Å². The number of hydrogen-bond donors (Lipinski definition) is 3. The highest BCUT2D eigenvalue weighted by Gasteiger charge is 2.23. The summed E-state index contributed by atoms with van der Waals surface area (Å²) in [5.41, 5.74) is 3.58. The predicted octanol–water partition coefficient (Wildman–Crippen LogP) is 3.15. The van der Waals surface area contributed by atoms with E-state index in [1.165, 1.54) is 19.2 Å². The molecule has 27 heavy (non-hydrogen) atoms. The average molecular weight is 384 g/mol. The van der Waals surface area contributed by atoms with Crippen LogP contribution >= 0.6 is 11.8 Å². The van der Waals surface area contributed by atoms with Gasteiger partial charge in [0, 0.05) is 4.90 Å². The quantitative estimate of drug-likeness (QED) is 0.265. The van der Waals surface area contributed by atoms with Crippen molar-refractivity contribution in [2.24, 2.45) is 0 Å². The molecule has 0 spiro atoms. The van der Waals surface area contributed by atoms with Crippen molar-refractivity contribution in [3.05, 3.63) is 46.6 Å². The monoisotopic (exact) mass is 384 g/mol. The summed E-state index contributed by atoms with van der Waals surface area (Å²) in [5.74, 6) is 0.00917. The fourth-order valence-electron chi connectivity index (χ4n) is 2.54. The minimum Gasteiger partial charge on any atom is -0.465 e. The summed E-state index contributed by atoms with van der Waals surface area (Å²) in [7, 11) is 1.26. The van der Waals surface area contributed by atoms with E-state index in [9.17, 15) is 10.1 Å². The van der Waals surface area contributed by atoms with Crippen LogP contribution in [0.4, 0.5) is 11.4 Å². The maximum atomic E-state index is 11.7. The van der Waals surface area contributed by atoms with Crippen LogP contribution in [0.25, 0.3) is 10.5 Å². The van der Waals surface area contributed by atoms with E-state index in [0.717, 1.165) is 11.8 Å². The number of aromatic nitrogens is 3. The van der Waals surface area contributed by atoms with Gasteiger partial charge in [-0.05, 0) is 25.1 Å². The summed E-state index contributed by atoms with van der Waals surface area (Å²) in [4.78, 5) is 19.7. The zero-order chi connectivity index (χ0) is 19.6. The van der Waals surface area contributed by atoms with Gasteiger partial charge in [-0.2, -0.15) is 10.4 Å². The Morgan fingerprint density at radius 1 is 1.56 bits per heavy atom. The maximum absolute atomic E-state index is 11.7. The van der Waals surface area contributed by atoms with Crippen LogP contribution in [0.5, 0.6) is 0 Å². The van der Waals surface area contributed by atoms with E-state index in [4.69, 9.17) is 11.8 Å². The SMILES string of the molecule is [C-]#[N+]c1c(C#N)c2[nH]nc(C)n2c1Sc1ccc(C(=O)OC)cc1NOO. The van der Waals surface area contributed by atoms with Crippen LogP contribution in [0.1, 0.15) is 21.7 Å². The van der Waals surface area contributed by atoms with Gasteiger partial charge in [-0.15, -0.1) is 4.99 Å². The predicted molar refractivity (Wildman–Crippen MR) is 94.5 cm³/mol. The second-order valence-corrected chi connectivity index (χ2v) is 6.24. The normalized spacial score (nSPS) is 10.4. The topological polar surface area (TPSA) is 129 Å². The molecule has 2 aromatic heterocycles. The third kappa shape index (κ3) is 3.07. The zero-order valence-electron chi connectivity index (χ0n) is 14.1. The van der Waals surface area contributed by atoms with Crippen molar-refractivity contribution in [3.63, 3.8) is 0 Å². The largest absolute Gasteiger partial charge is 0.465 e. The fraction of sp³-hybridized carbons (Fsp3) is 0.125. The van der Waals surface area contributed by atoms with E-state index in [2.05, 4.69) is 30.2 Å². The Bertz CT molecular complexity index is 1120. The number of esters is 1. The summed E-state index contributed by atoms with van der Waals surface area (Å²) in [5, 5.41) is 25.5. The first-order chi connectivity index (χ1) is 13.0. The van der Waals surface area contributed by atoms with Crippen molar-refractivity contribution in [1.82, 2.24) is 14.6 Å². The number of benzene rings is 1. The number of carbonyl (C=O) groups is 1. The Morgan fingerprint density at radius 3 is 2.96 bits per heavy atom. The molecule has 0 radical (unpaired) electrons. The molecule has 136 valence electrons. The molecule has 0 bridgehead atoms. The van der Waals surface area contributed by atoms with Crippen molar-refractivity contribution in [2.45, 2.75) is 16.8 Å².